The van der Waals surface area contributed by atoms with E-state index in [1.165, 1.54) is 5.75 Å². The third kappa shape index (κ3) is 2.10. The van der Waals surface area contributed by atoms with Crippen LogP contribution in [0, 0.1) is 0 Å². The molecule has 0 fully saturated rings. The fourth-order valence-corrected chi connectivity index (χ4v) is 1.83. The topological polar surface area (TPSA) is 26.0 Å². The molecule has 1 aromatic heterocycles. The highest BCUT2D eigenvalue weighted by atomic mass is 32.2. The van der Waals surface area contributed by atoms with Crippen LogP contribution in [0.5, 0.6) is 0 Å². The predicted octanol–water partition coefficient (Wildman–Crippen LogP) is 3.12. The van der Waals surface area contributed by atoms with Gasteiger partial charge in [0.05, 0.1) is 0 Å². The molecule has 0 atom stereocenters. The van der Waals surface area contributed by atoms with Gasteiger partial charge in [0.25, 0.3) is 0 Å². The zero-order valence-corrected chi connectivity index (χ0v) is 9.01. The van der Waals surface area contributed by atoms with E-state index in [4.69, 9.17) is 4.42 Å². The Bertz CT molecular complexity index is 377. The fourth-order valence-electron chi connectivity index (χ4n) is 1.39. The number of fused-ring (bicyclic) bond motifs is 1. The average Bonchev–Trinajstić information content (AvgIpc) is 2.60. The highest BCUT2D eigenvalue weighted by Crippen LogP contribution is 2.15. The first-order valence-electron chi connectivity index (χ1n) is 4.73. The molecule has 0 aliphatic rings. The van der Waals surface area contributed by atoms with Crippen molar-refractivity contribution in [1.82, 2.24) is 4.98 Å². The van der Waals surface area contributed by atoms with E-state index in [0.29, 0.717) is 0 Å². The van der Waals surface area contributed by atoms with Crippen molar-refractivity contribution in [2.75, 3.05) is 12.0 Å². The SMILES string of the molecule is CSCCCc1nc2ccccc2o1. The van der Waals surface area contributed by atoms with Crippen LogP contribution in [0.25, 0.3) is 11.1 Å². The molecule has 74 valence electrons. The third-order valence-electron chi connectivity index (χ3n) is 2.08. The van der Waals surface area contributed by atoms with E-state index >= 15 is 0 Å². The minimum absolute atomic E-state index is 0.861. The number of rotatable bonds is 4. The van der Waals surface area contributed by atoms with E-state index in [-0.39, 0.29) is 0 Å². The van der Waals surface area contributed by atoms with E-state index in [2.05, 4.69) is 11.2 Å². The summed E-state index contributed by atoms with van der Waals surface area (Å²) in [6.45, 7) is 0. The van der Waals surface area contributed by atoms with Crippen LogP contribution in [0.4, 0.5) is 0 Å². The lowest BCUT2D eigenvalue weighted by atomic mass is 10.3. The van der Waals surface area contributed by atoms with Gasteiger partial charge in [-0.1, -0.05) is 12.1 Å². The molecule has 0 spiro atoms. The molecule has 2 aromatic rings. The minimum Gasteiger partial charge on any atom is -0.441 e. The van der Waals surface area contributed by atoms with Crippen molar-refractivity contribution >= 4 is 22.9 Å². The van der Waals surface area contributed by atoms with Crippen molar-refractivity contribution in [1.29, 1.82) is 0 Å². The van der Waals surface area contributed by atoms with Crippen LogP contribution in [-0.4, -0.2) is 17.0 Å². The van der Waals surface area contributed by atoms with Gasteiger partial charge < -0.3 is 4.42 Å². The molecule has 0 radical (unpaired) electrons. The van der Waals surface area contributed by atoms with E-state index in [1.807, 2.05) is 36.0 Å². The van der Waals surface area contributed by atoms with E-state index in [9.17, 15) is 0 Å². The Morgan fingerprint density at radius 2 is 2.21 bits per heavy atom. The van der Waals surface area contributed by atoms with Crippen LogP contribution in [0.2, 0.25) is 0 Å². The van der Waals surface area contributed by atoms with Crippen molar-refractivity contribution in [3.8, 4) is 0 Å². The Labute approximate surface area is 87.7 Å². The number of hydrogen-bond acceptors (Lipinski definition) is 3. The molecule has 0 amide bonds. The lowest BCUT2D eigenvalue weighted by molar-refractivity contribution is 0.526. The van der Waals surface area contributed by atoms with Crippen molar-refractivity contribution in [2.45, 2.75) is 12.8 Å². The molecule has 0 unspecified atom stereocenters. The number of hydrogen-bond donors (Lipinski definition) is 0. The lowest BCUT2D eigenvalue weighted by Gasteiger charge is -1.92. The molecule has 0 N–H and O–H groups in total. The molecular formula is C11H13NOS. The van der Waals surface area contributed by atoms with Gasteiger partial charge in [0.15, 0.2) is 11.5 Å². The third-order valence-corrected chi connectivity index (χ3v) is 2.77. The lowest BCUT2D eigenvalue weighted by Crippen LogP contribution is -1.86. The van der Waals surface area contributed by atoms with Gasteiger partial charge >= 0.3 is 0 Å². The van der Waals surface area contributed by atoms with E-state index < -0.39 is 0 Å². The van der Waals surface area contributed by atoms with Gasteiger partial charge in [-0.15, -0.1) is 0 Å². The number of aryl methyl sites for hydroxylation is 1. The van der Waals surface area contributed by atoms with Gasteiger partial charge in [-0.05, 0) is 30.6 Å². The Balaban J connectivity index is 2.11. The molecule has 1 aromatic carbocycles. The first-order valence-corrected chi connectivity index (χ1v) is 6.13. The summed E-state index contributed by atoms with van der Waals surface area (Å²) in [5.74, 6) is 2.03. The maximum absolute atomic E-state index is 5.59. The Kier molecular flexibility index (Phi) is 3.09. The maximum Gasteiger partial charge on any atom is 0.195 e. The van der Waals surface area contributed by atoms with Crippen molar-refractivity contribution in [3.63, 3.8) is 0 Å². The molecular weight excluding hydrogens is 194 g/mol. The molecule has 0 bridgehead atoms. The number of nitrogens with zero attached hydrogens (tertiary/aromatic N) is 1. The van der Waals surface area contributed by atoms with Crippen LogP contribution in [-0.2, 0) is 6.42 Å². The molecule has 0 aliphatic carbocycles. The van der Waals surface area contributed by atoms with Gasteiger partial charge in [0.1, 0.15) is 5.52 Å². The van der Waals surface area contributed by atoms with Gasteiger partial charge in [0, 0.05) is 6.42 Å². The van der Waals surface area contributed by atoms with Gasteiger partial charge in [0.2, 0.25) is 0 Å². The number of benzene rings is 1. The molecule has 0 aliphatic heterocycles. The molecule has 14 heavy (non-hydrogen) atoms. The molecule has 3 heteroatoms. The molecule has 2 nitrogen and oxygen atoms in total. The Hall–Kier alpha value is -0.960. The quantitative estimate of drug-likeness (QED) is 0.720. The summed E-state index contributed by atoms with van der Waals surface area (Å²) in [5, 5.41) is 0. The summed E-state index contributed by atoms with van der Waals surface area (Å²) in [6, 6.07) is 7.90. The first-order chi connectivity index (χ1) is 6.90. The van der Waals surface area contributed by atoms with Gasteiger partial charge in [-0.25, -0.2) is 4.98 Å². The number of aromatic nitrogens is 1. The standard InChI is InChI=1S/C11H13NOS/c1-14-8-4-7-11-12-9-5-2-3-6-10(9)13-11/h2-3,5-6H,4,7-8H2,1H3. The predicted molar refractivity (Wildman–Crippen MR) is 60.7 cm³/mol. The Morgan fingerprint density at radius 3 is 3.00 bits per heavy atom. The van der Waals surface area contributed by atoms with Gasteiger partial charge in [-0.3, -0.25) is 0 Å². The van der Waals surface area contributed by atoms with Crippen molar-refractivity contribution < 1.29 is 4.42 Å². The van der Waals surface area contributed by atoms with Crippen LogP contribution < -0.4 is 0 Å². The minimum atomic E-state index is 0.861. The number of para-hydroxylation sites is 2. The molecule has 0 saturated heterocycles. The first kappa shape index (κ1) is 9.59. The zero-order chi connectivity index (χ0) is 9.80. The summed E-state index contributed by atoms with van der Waals surface area (Å²) < 4.78 is 5.59. The summed E-state index contributed by atoms with van der Waals surface area (Å²) in [7, 11) is 0. The summed E-state index contributed by atoms with van der Waals surface area (Å²) >= 11 is 1.86. The van der Waals surface area contributed by atoms with Crippen LogP contribution >= 0.6 is 11.8 Å². The normalized spacial score (nSPS) is 10.9. The van der Waals surface area contributed by atoms with Crippen LogP contribution in [0.1, 0.15) is 12.3 Å². The molecule has 1 heterocycles. The number of thioether (sulfide) groups is 1. The number of oxazole rings is 1. The van der Waals surface area contributed by atoms with Gasteiger partial charge in [-0.2, -0.15) is 11.8 Å². The summed E-state index contributed by atoms with van der Waals surface area (Å²) in [6.07, 6.45) is 4.19. The van der Waals surface area contributed by atoms with E-state index in [0.717, 1.165) is 29.8 Å². The smallest absolute Gasteiger partial charge is 0.195 e. The molecule has 2 rings (SSSR count). The summed E-state index contributed by atoms with van der Waals surface area (Å²) in [4.78, 5) is 4.41. The summed E-state index contributed by atoms with van der Waals surface area (Å²) in [5.41, 5.74) is 1.86. The average molecular weight is 207 g/mol. The van der Waals surface area contributed by atoms with Crippen LogP contribution in [0.3, 0.4) is 0 Å². The fraction of sp³-hybridized carbons (Fsp3) is 0.364. The zero-order valence-electron chi connectivity index (χ0n) is 8.19. The largest absolute Gasteiger partial charge is 0.441 e. The van der Waals surface area contributed by atoms with Crippen molar-refractivity contribution in [2.24, 2.45) is 0 Å². The maximum atomic E-state index is 5.59. The Morgan fingerprint density at radius 1 is 1.36 bits per heavy atom. The van der Waals surface area contributed by atoms with Crippen molar-refractivity contribution in [3.05, 3.63) is 30.2 Å². The monoisotopic (exact) mass is 207 g/mol. The second kappa shape index (κ2) is 4.51. The molecule has 0 saturated carbocycles. The second-order valence-electron chi connectivity index (χ2n) is 3.17. The highest BCUT2D eigenvalue weighted by Gasteiger charge is 2.03. The van der Waals surface area contributed by atoms with E-state index in [1.54, 1.807) is 0 Å². The highest BCUT2D eigenvalue weighted by molar-refractivity contribution is 7.98. The second-order valence-corrected chi connectivity index (χ2v) is 4.16. The van der Waals surface area contributed by atoms with Crippen LogP contribution in [0.15, 0.2) is 28.7 Å².